The lowest BCUT2D eigenvalue weighted by Crippen LogP contribution is -2.40. The van der Waals surface area contributed by atoms with E-state index in [0.717, 1.165) is 11.1 Å². The number of hydrogen-bond acceptors (Lipinski definition) is 4. The van der Waals surface area contributed by atoms with Crippen molar-refractivity contribution in [3.63, 3.8) is 0 Å². The number of aryl methyl sites for hydroxylation is 1. The first-order valence-corrected chi connectivity index (χ1v) is 5.44. The van der Waals surface area contributed by atoms with Gasteiger partial charge in [-0.15, -0.1) is 0 Å². The highest BCUT2D eigenvalue weighted by Gasteiger charge is 2.06. The number of carbonyl (C=O) groups is 1. The topological polar surface area (TPSA) is 102 Å². The molecule has 96 valence electrons. The molecule has 0 bridgehead atoms. The Balaban J connectivity index is 2.11. The Hall–Kier alpha value is -2.28. The van der Waals surface area contributed by atoms with E-state index in [1.54, 1.807) is 13.1 Å². The molecule has 0 unspecified atom stereocenters. The Labute approximate surface area is 103 Å². The van der Waals surface area contributed by atoms with Gasteiger partial charge in [0.05, 0.1) is 5.52 Å². The van der Waals surface area contributed by atoms with Crippen LogP contribution >= 0.6 is 0 Å². The van der Waals surface area contributed by atoms with Crippen molar-refractivity contribution < 1.29 is 9.21 Å². The minimum absolute atomic E-state index is 0.386. The zero-order valence-electron chi connectivity index (χ0n) is 9.90. The second-order valence-corrected chi connectivity index (χ2v) is 3.88. The molecule has 7 heteroatoms. The van der Waals surface area contributed by atoms with Gasteiger partial charge >= 0.3 is 11.8 Å². The number of rotatable bonds is 3. The summed E-state index contributed by atoms with van der Waals surface area (Å²) in [7, 11) is 1.65. The van der Waals surface area contributed by atoms with Crippen LogP contribution in [-0.2, 0) is 13.5 Å². The number of hydrogen-bond donors (Lipinski definition) is 3. The molecule has 0 radical (unpaired) electrons. The first kappa shape index (κ1) is 12.2. The van der Waals surface area contributed by atoms with E-state index in [9.17, 15) is 9.59 Å². The third-order valence-corrected chi connectivity index (χ3v) is 2.69. The van der Waals surface area contributed by atoms with Gasteiger partial charge in [-0.25, -0.2) is 15.4 Å². The van der Waals surface area contributed by atoms with Crippen molar-refractivity contribution in [3.05, 3.63) is 34.3 Å². The van der Waals surface area contributed by atoms with Crippen molar-refractivity contribution >= 4 is 17.1 Å². The number of hydrazine groups is 1. The molecule has 18 heavy (non-hydrogen) atoms. The van der Waals surface area contributed by atoms with Crippen molar-refractivity contribution in [2.24, 2.45) is 12.9 Å². The fourth-order valence-corrected chi connectivity index (χ4v) is 1.71. The second kappa shape index (κ2) is 4.92. The van der Waals surface area contributed by atoms with Crippen molar-refractivity contribution in [2.75, 3.05) is 6.54 Å². The zero-order chi connectivity index (χ0) is 13.1. The van der Waals surface area contributed by atoms with Crippen molar-refractivity contribution in [1.82, 2.24) is 15.3 Å². The van der Waals surface area contributed by atoms with Gasteiger partial charge < -0.3 is 9.73 Å². The number of amides is 2. The summed E-state index contributed by atoms with van der Waals surface area (Å²) in [6.45, 7) is 0.450. The van der Waals surface area contributed by atoms with E-state index >= 15 is 0 Å². The van der Waals surface area contributed by atoms with E-state index in [1.165, 1.54) is 4.57 Å². The van der Waals surface area contributed by atoms with E-state index in [2.05, 4.69) is 5.32 Å². The molecule has 4 N–H and O–H groups in total. The number of carbonyl (C=O) groups excluding carboxylic acids is 1. The van der Waals surface area contributed by atoms with Crippen LogP contribution in [0.15, 0.2) is 27.4 Å². The van der Waals surface area contributed by atoms with Crippen LogP contribution in [0.4, 0.5) is 4.79 Å². The summed E-state index contributed by atoms with van der Waals surface area (Å²) in [6, 6.07) is 5.07. The first-order valence-electron chi connectivity index (χ1n) is 5.44. The average molecular weight is 250 g/mol. The van der Waals surface area contributed by atoms with Gasteiger partial charge in [0.15, 0.2) is 5.58 Å². The fourth-order valence-electron chi connectivity index (χ4n) is 1.71. The quantitative estimate of drug-likeness (QED) is 0.400. The Morgan fingerprint density at radius 1 is 1.50 bits per heavy atom. The monoisotopic (exact) mass is 250 g/mol. The van der Waals surface area contributed by atoms with Crippen molar-refractivity contribution in [2.45, 2.75) is 6.42 Å². The van der Waals surface area contributed by atoms with Crippen LogP contribution in [0.1, 0.15) is 5.56 Å². The molecule has 0 aliphatic heterocycles. The lowest BCUT2D eigenvalue weighted by molar-refractivity contribution is 0.241. The van der Waals surface area contributed by atoms with Gasteiger partial charge in [-0.05, 0) is 24.1 Å². The summed E-state index contributed by atoms with van der Waals surface area (Å²) in [5.41, 5.74) is 4.24. The molecule has 0 saturated heterocycles. The van der Waals surface area contributed by atoms with Gasteiger partial charge in [0.25, 0.3) is 0 Å². The predicted molar refractivity (Wildman–Crippen MR) is 65.9 cm³/mol. The number of oxazole rings is 1. The fraction of sp³-hybridized carbons (Fsp3) is 0.273. The van der Waals surface area contributed by atoms with E-state index in [0.29, 0.717) is 18.5 Å². The number of nitrogens with one attached hydrogen (secondary N) is 2. The molecular formula is C11H14N4O3. The van der Waals surface area contributed by atoms with Crippen LogP contribution < -0.4 is 22.3 Å². The third kappa shape index (κ3) is 2.35. The highest BCUT2D eigenvalue weighted by molar-refractivity contribution is 5.74. The molecule has 0 aliphatic carbocycles. The highest BCUT2D eigenvalue weighted by atomic mass is 16.4. The van der Waals surface area contributed by atoms with Gasteiger partial charge in [0.1, 0.15) is 0 Å². The largest absolute Gasteiger partial charge is 0.419 e. The number of benzene rings is 1. The molecule has 0 aliphatic rings. The summed E-state index contributed by atoms with van der Waals surface area (Å²) in [5.74, 6) is 4.54. The van der Waals surface area contributed by atoms with Gasteiger partial charge in [-0.2, -0.15) is 0 Å². The van der Waals surface area contributed by atoms with Crippen LogP contribution in [-0.4, -0.2) is 17.1 Å². The maximum atomic E-state index is 11.3. The molecule has 1 heterocycles. The number of urea groups is 1. The third-order valence-electron chi connectivity index (χ3n) is 2.69. The average Bonchev–Trinajstić information content (AvgIpc) is 2.64. The molecule has 2 aromatic rings. The number of nitrogens with zero attached hydrogens (tertiary/aromatic N) is 1. The van der Waals surface area contributed by atoms with Crippen LogP contribution in [0.25, 0.3) is 11.1 Å². The molecule has 1 aromatic carbocycles. The maximum absolute atomic E-state index is 11.3. The standard InChI is InChI=1S/C11H14N4O3/c1-15-8-3-2-7(4-5-13-10(16)14-12)6-9(8)18-11(15)17/h2-3,6H,4-5,12H2,1H3,(H2,13,14,16). The number of aromatic nitrogens is 1. The normalized spacial score (nSPS) is 10.6. The van der Waals surface area contributed by atoms with Gasteiger partial charge in [-0.3, -0.25) is 9.99 Å². The highest BCUT2D eigenvalue weighted by Crippen LogP contribution is 2.14. The Bertz CT molecular complexity index is 629. The van der Waals surface area contributed by atoms with Gasteiger partial charge in [0, 0.05) is 13.6 Å². The molecule has 7 nitrogen and oxygen atoms in total. The minimum Gasteiger partial charge on any atom is -0.408 e. The van der Waals surface area contributed by atoms with E-state index in [4.69, 9.17) is 10.3 Å². The van der Waals surface area contributed by atoms with Crippen LogP contribution in [0, 0.1) is 0 Å². The van der Waals surface area contributed by atoms with Crippen molar-refractivity contribution in [1.29, 1.82) is 0 Å². The molecule has 2 amide bonds. The molecule has 1 aromatic heterocycles. The molecule has 0 fully saturated rings. The van der Waals surface area contributed by atoms with E-state index < -0.39 is 6.03 Å². The molecular weight excluding hydrogens is 236 g/mol. The van der Waals surface area contributed by atoms with Gasteiger partial charge in [-0.1, -0.05) is 6.07 Å². The maximum Gasteiger partial charge on any atom is 0.419 e. The molecule has 0 saturated carbocycles. The summed E-state index contributed by atoms with van der Waals surface area (Å²) in [4.78, 5) is 22.2. The van der Waals surface area contributed by atoms with Crippen LogP contribution in [0.3, 0.4) is 0 Å². The zero-order valence-corrected chi connectivity index (χ0v) is 9.90. The number of nitrogens with two attached hydrogens (primary N) is 1. The molecule has 0 atom stereocenters. The van der Waals surface area contributed by atoms with Gasteiger partial charge in [0.2, 0.25) is 0 Å². The van der Waals surface area contributed by atoms with Crippen molar-refractivity contribution in [3.8, 4) is 0 Å². The summed E-state index contributed by atoms with van der Waals surface area (Å²) < 4.78 is 6.52. The summed E-state index contributed by atoms with van der Waals surface area (Å²) in [5, 5.41) is 2.57. The Kier molecular flexibility index (Phi) is 3.33. The minimum atomic E-state index is -0.428. The van der Waals surface area contributed by atoms with Crippen LogP contribution in [0.2, 0.25) is 0 Å². The number of fused-ring (bicyclic) bond motifs is 1. The first-order chi connectivity index (χ1) is 8.61. The molecule has 2 rings (SSSR count). The second-order valence-electron chi connectivity index (χ2n) is 3.88. The lowest BCUT2D eigenvalue weighted by Gasteiger charge is -2.04. The predicted octanol–water partition coefficient (Wildman–Crippen LogP) is -0.153. The SMILES string of the molecule is Cn1c(=O)oc2cc(CCNC(=O)NN)ccc21. The van der Waals surface area contributed by atoms with E-state index in [1.807, 2.05) is 17.6 Å². The Morgan fingerprint density at radius 2 is 2.28 bits per heavy atom. The summed E-state index contributed by atoms with van der Waals surface area (Å²) >= 11 is 0. The van der Waals surface area contributed by atoms with E-state index in [-0.39, 0.29) is 5.76 Å². The smallest absolute Gasteiger partial charge is 0.408 e. The molecule has 0 spiro atoms. The summed E-state index contributed by atoms with van der Waals surface area (Å²) in [6.07, 6.45) is 0.627. The lowest BCUT2D eigenvalue weighted by atomic mass is 10.1. The van der Waals surface area contributed by atoms with Crippen LogP contribution in [0.5, 0.6) is 0 Å². The Morgan fingerprint density at radius 3 is 3.00 bits per heavy atom.